The number of halogens is 1. The van der Waals surface area contributed by atoms with Gasteiger partial charge in [-0.25, -0.2) is 0 Å². The van der Waals surface area contributed by atoms with E-state index in [2.05, 4.69) is 73.6 Å². The van der Waals surface area contributed by atoms with Crippen molar-refractivity contribution in [1.82, 2.24) is 0 Å². The zero-order valence-corrected chi connectivity index (χ0v) is 13.8. The molecular weight excluding hydrogens is 312 g/mol. The fourth-order valence-corrected chi connectivity index (χ4v) is 2.79. The lowest BCUT2D eigenvalue weighted by Gasteiger charge is -2.16. The Hall–Kier alpha value is -1.54. The van der Waals surface area contributed by atoms with Gasteiger partial charge in [-0.3, -0.25) is 0 Å². The fourth-order valence-electron chi connectivity index (χ4n) is 2.33. The quantitative estimate of drug-likeness (QED) is 0.662. The third-order valence-electron chi connectivity index (χ3n) is 3.18. The minimum atomic E-state index is 0.514. The molecule has 0 amide bonds. The van der Waals surface area contributed by atoms with Crippen LogP contribution in [-0.4, -0.2) is 6.61 Å². The standard InChI is InChI=1S/C18H19BrO/c1-5-8-20-18-14(4)9-13(3)11-16(18)15-10-12(2)6-7-17(15)19/h5-7,9-11H,1,8H2,2-4H3. The van der Waals surface area contributed by atoms with Gasteiger partial charge in [0.1, 0.15) is 12.4 Å². The maximum absolute atomic E-state index is 5.88. The van der Waals surface area contributed by atoms with E-state index in [1.165, 1.54) is 11.1 Å². The van der Waals surface area contributed by atoms with Crippen molar-refractivity contribution in [1.29, 1.82) is 0 Å². The highest BCUT2D eigenvalue weighted by Crippen LogP contribution is 2.38. The Labute approximate surface area is 129 Å². The highest BCUT2D eigenvalue weighted by Gasteiger charge is 2.13. The van der Waals surface area contributed by atoms with Gasteiger partial charge in [0.2, 0.25) is 0 Å². The molecule has 2 heteroatoms. The summed E-state index contributed by atoms with van der Waals surface area (Å²) < 4.78 is 6.96. The normalized spacial score (nSPS) is 10.4. The van der Waals surface area contributed by atoms with Crippen molar-refractivity contribution < 1.29 is 4.74 Å². The van der Waals surface area contributed by atoms with Crippen LogP contribution in [0.2, 0.25) is 0 Å². The third kappa shape index (κ3) is 3.13. The lowest BCUT2D eigenvalue weighted by atomic mass is 9.98. The van der Waals surface area contributed by atoms with Crippen LogP contribution in [-0.2, 0) is 0 Å². The van der Waals surface area contributed by atoms with Gasteiger partial charge < -0.3 is 4.74 Å². The Morgan fingerprint density at radius 3 is 2.45 bits per heavy atom. The molecule has 0 spiro atoms. The highest BCUT2D eigenvalue weighted by atomic mass is 79.9. The largest absolute Gasteiger partial charge is 0.489 e. The molecule has 0 bridgehead atoms. The molecule has 2 aromatic carbocycles. The topological polar surface area (TPSA) is 9.23 Å². The number of rotatable bonds is 4. The van der Waals surface area contributed by atoms with Crippen LogP contribution in [0, 0.1) is 20.8 Å². The number of hydrogen-bond acceptors (Lipinski definition) is 1. The zero-order chi connectivity index (χ0) is 14.7. The second kappa shape index (κ2) is 6.27. The smallest absolute Gasteiger partial charge is 0.130 e. The van der Waals surface area contributed by atoms with Gasteiger partial charge in [0.25, 0.3) is 0 Å². The van der Waals surface area contributed by atoms with Gasteiger partial charge in [0, 0.05) is 10.0 Å². The van der Waals surface area contributed by atoms with E-state index in [0.29, 0.717) is 6.61 Å². The molecule has 0 aliphatic carbocycles. The first-order chi connectivity index (χ1) is 9.52. The minimum absolute atomic E-state index is 0.514. The van der Waals surface area contributed by atoms with E-state index < -0.39 is 0 Å². The molecule has 0 fully saturated rings. The lowest BCUT2D eigenvalue weighted by Crippen LogP contribution is -1.99. The average Bonchev–Trinajstić information content (AvgIpc) is 2.40. The molecule has 0 atom stereocenters. The van der Waals surface area contributed by atoms with Gasteiger partial charge in [0.15, 0.2) is 0 Å². The Balaban J connectivity index is 2.64. The molecule has 0 unspecified atom stereocenters. The maximum atomic E-state index is 5.88. The molecule has 0 heterocycles. The molecule has 104 valence electrons. The summed E-state index contributed by atoms with van der Waals surface area (Å²) >= 11 is 3.64. The first-order valence-corrected chi connectivity index (χ1v) is 7.43. The SMILES string of the molecule is C=CCOc1c(C)cc(C)cc1-c1cc(C)ccc1Br. The van der Waals surface area contributed by atoms with Crippen LogP contribution in [0.4, 0.5) is 0 Å². The van der Waals surface area contributed by atoms with Crippen LogP contribution < -0.4 is 4.74 Å². The molecule has 2 aromatic rings. The van der Waals surface area contributed by atoms with Crippen LogP contribution in [0.15, 0.2) is 47.5 Å². The van der Waals surface area contributed by atoms with Crippen LogP contribution >= 0.6 is 15.9 Å². The van der Waals surface area contributed by atoms with Crippen molar-refractivity contribution in [3.63, 3.8) is 0 Å². The Bertz CT molecular complexity index is 644. The van der Waals surface area contributed by atoms with Gasteiger partial charge in [-0.1, -0.05) is 52.3 Å². The van der Waals surface area contributed by atoms with E-state index in [1.807, 2.05) is 0 Å². The summed E-state index contributed by atoms with van der Waals surface area (Å²) in [6.07, 6.45) is 1.77. The summed E-state index contributed by atoms with van der Waals surface area (Å²) in [5.41, 5.74) is 5.90. The summed E-state index contributed by atoms with van der Waals surface area (Å²) in [5, 5.41) is 0. The summed E-state index contributed by atoms with van der Waals surface area (Å²) in [6, 6.07) is 10.7. The van der Waals surface area contributed by atoms with Crippen LogP contribution in [0.25, 0.3) is 11.1 Å². The number of aryl methyl sites for hydroxylation is 3. The van der Waals surface area contributed by atoms with E-state index in [4.69, 9.17) is 4.74 Å². The van der Waals surface area contributed by atoms with Gasteiger partial charge in [-0.2, -0.15) is 0 Å². The van der Waals surface area contributed by atoms with Crippen molar-refractivity contribution in [2.24, 2.45) is 0 Å². The highest BCUT2D eigenvalue weighted by molar-refractivity contribution is 9.10. The first-order valence-electron chi connectivity index (χ1n) is 6.64. The van der Waals surface area contributed by atoms with Crippen molar-refractivity contribution in [2.75, 3.05) is 6.61 Å². The summed E-state index contributed by atoms with van der Waals surface area (Å²) in [6.45, 7) is 10.5. The van der Waals surface area contributed by atoms with Crippen molar-refractivity contribution in [3.05, 3.63) is 64.1 Å². The van der Waals surface area contributed by atoms with Gasteiger partial charge in [-0.15, -0.1) is 0 Å². The molecule has 0 N–H and O–H groups in total. The van der Waals surface area contributed by atoms with Crippen LogP contribution in [0.3, 0.4) is 0 Å². The number of ether oxygens (including phenoxy) is 1. The van der Waals surface area contributed by atoms with Crippen molar-refractivity contribution >= 4 is 15.9 Å². The monoisotopic (exact) mass is 330 g/mol. The molecule has 20 heavy (non-hydrogen) atoms. The van der Waals surface area contributed by atoms with E-state index >= 15 is 0 Å². The molecule has 1 nitrogen and oxygen atoms in total. The van der Waals surface area contributed by atoms with Crippen molar-refractivity contribution in [3.8, 4) is 16.9 Å². The molecule has 0 radical (unpaired) electrons. The second-order valence-electron chi connectivity index (χ2n) is 5.04. The first kappa shape index (κ1) is 14.9. The van der Waals surface area contributed by atoms with E-state index in [1.54, 1.807) is 6.08 Å². The average molecular weight is 331 g/mol. The Kier molecular flexibility index (Phi) is 4.66. The lowest BCUT2D eigenvalue weighted by molar-refractivity contribution is 0.362. The number of benzene rings is 2. The predicted molar refractivity (Wildman–Crippen MR) is 89.5 cm³/mol. The summed E-state index contributed by atoms with van der Waals surface area (Å²) in [4.78, 5) is 0. The Morgan fingerprint density at radius 1 is 1.05 bits per heavy atom. The van der Waals surface area contributed by atoms with Gasteiger partial charge in [-0.05, 0) is 49.6 Å². The molecular formula is C18H19BrO. The molecule has 2 rings (SSSR count). The number of hydrogen-bond donors (Lipinski definition) is 0. The molecule has 0 aromatic heterocycles. The van der Waals surface area contributed by atoms with E-state index in [-0.39, 0.29) is 0 Å². The second-order valence-corrected chi connectivity index (χ2v) is 5.90. The molecule has 0 aliphatic heterocycles. The van der Waals surface area contributed by atoms with Gasteiger partial charge >= 0.3 is 0 Å². The van der Waals surface area contributed by atoms with E-state index in [0.717, 1.165) is 26.9 Å². The fraction of sp³-hybridized carbons (Fsp3) is 0.222. The maximum Gasteiger partial charge on any atom is 0.130 e. The van der Waals surface area contributed by atoms with E-state index in [9.17, 15) is 0 Å². The zero-order valence-electron chi connectivity index (χ0n) is 12.2. The molecule has 0 saturated heterocycles. The summed E-state index contributed by atoms with van der Waals surface area (Å²) in [5.74, 6) is 0.932. The Morgan fingerprint density at radius 2 is 1.75 bits per heavy atom. The molecule has 0 aliphatic rings. The molecule has 0 saturated carbocycles. The summed E-state index contributed by atoms with van der Waals surface area (Å²) in [7, 11) is 0. The van der Waals surface area contributed by atoms with Gasteiger partial charge in [0.05, 0.1) is 0 Å². The minimum Gasteiger partial charge on any atom is -0.489 e. The predicted octanol–water partition coefficient (Wildman–Crippen LogP) is 5.61. The van der Waals surface area contributed by atoms with Crippen molar-refractivity contribution in [2.45, 2.75) is 20.8 Å². The third-order valence-corrected chi connectivity index (χ3v) is 3.87. The van der Waals surface area contributed by atoms with Crippen LogP contribution in [0.1, 0.15) is 16.7 Å². The van der Waals surface area contributed by atoms with Crippen LogP contribution in [0.5, 0.6) is 5.75 Å².